The molecule has 0 heterocycles. The molecule has 2 amide bonds. The van der Waals surface area contributed by atoms with Gasteiger partial charge in [0.25, 0.3) is 10.0 Å². The molecule has 242 valence electrons. The Balaban J connectivity index is 1.84. The van der Waals surface area contributed by atoms with Crippen LogP contribution in [-0.4, -0.2) is 50.9 Å². The highest BCUT2D eigenvalue weighted by atomic mass is 35.5. The summed E-state index contributed by atoms with van der Waals surface area (Å²) < 4.78 is 50.2. The van der Waals surface area contributed by atoms with Crippen molar-refractivity contribution in [3.63, 3.8) is 0 Å². The van der Waals surface area contributed by atoms with E-state index in [1.165, 1.54) is 47.4 Å². The average molecular weight is 666 g/mol. The molecular weight excluding hydrogens is 629 g/mol. The molecule has 0 aliphatic rings. The molecule has 0 radical (unpaired) electrons. The molecule has 1 atom stereocenters. The highest BCUT2D eigenvalue weighted by Gasteiger charge is 2.35. The van der Waals surface area contributed by atoms with Crippen molar-refractivity contribution in [3.05, 3.63) is 125 Å². The average Bonchev–Trinajstić information content (AvgIpc) is 3.06. The lowest BCUT2D eigenvalue weighted by Crippen LogP contribution is -2.53. The summed E-state index contributed by atoms with van der Waals surface area (Å²) in [7, 11) is -4.37. The van der Waals surface area contributed by atoms with E-state index < -0.39 is 40.2 Å². The van der Waals surface area contributed by atoms with E-state index >= 15 is 4.39 Å². The molecule has 11 heteroatoms. The van der Waals surface area contributed by atoms with Crippen LogP contribution in [0.4, 0.5) is 10.1 Å². The maximum absolute atomic E-state index is 15.0. The van der Waals surface area contributed by atoms with Crippen molar-refractivity contribution in [1.82, 2.24) is 10.2 Å². The minimum absolute atomic E-state index is 0.0989. The van der Waals surface area contributed by atoms with E-state index in [-0.39, 0.29) is 41.5 Å². The molecule has 0 spiro atoms. The number of rotatable bonds is 15. The quantitative estimate of drug-likeness (QED) is 0.162. The number of hydrogen-bond acceptors (Lipinski definition) is 5. The van der Waals surface area contributed by atoms with Crippen LogP contribution in [0.5, 0.6) is 5.75 Å². The fourth-order valence-corrected chi connectivity index (χ4v) is 6.47. The van der Waals surface area contributed by atoms with Gasteiger partial charge in [-0.25, -0.2) is 12.8 Å². The van der Waals surface area contributed by atoms with Gasteiger partial charge in [0.2, 0.25) is 11.8 Å². The van der Waals surface area contributed by atoms with Gasteiger partial charge in [-0.1, -0.05) is 79.2 Å². The van der Waals surface area contributed by atoms with Gasteiger partial charge in [-0.15, -0.1) is 0 Å². The molecule has 1 unspecified atom stereocenters. The lowest BCUT2D eigenvalue weighted by atomic mass is 10.0. The van der Waals surface area contributed by atoms with Crippen LogP contribution in [0.1, 0.15) is 31.4 Å². The molecule has 46 heavy (non-hydrogen) atoms. The van der Waals surface area contributed by atoms with Crippen LogP contribution < -0.4 is 14.4 Å². The van der Waals surface area contributed by atoms with E-state index in [2.05, 4.69) is 5.32 Å². The molecule has 0 fully saturated rings. The van der Waals surface area contributed by atoms with Crippen LogP contribution in [0.3, 0.4) is 0 Å². The first-order valence-electron chi connectivity index (χ1n) is 15.0. The Kier molecular flexibility index (Phi) is 12.2. The largest absolute Gasteiger partial charge is 0.492 e. The second kappa shape index (κ2) is 16.2. The summed E-state index contributed by atoms with van der Waals surface area (Å²) >= 11 is 6.05. The summed E-state index contributed by atoms with van der Waals surface area (Å²) in [5, 5.41) is 3.21. The van der Waals surface area contributed by atoms with Crippen LogP contribution in [0.15, 0.2) is 108 Å². The Bertz CT molecular complexity index is 1720. The standard InChI is InChI=1S/C35H37ClFN3O5S/c1-3-22-38-35(42)32(23-26-12-6-5-7-13-26)39(24-27-14-8-9-15-30(27)37)34(41)25-40(31-16-10-11-17-33(31)45-4-2)46(43,44)29-20-18-28(36)19-21-29/h5-21,32H,3-4,22-25H2,1-2H3,(H,38,42). The van der Waals surface area contributed by atoms with Gasteiger partial charge in [0.15, 0.2) is 0 Å². The summed E-state index contributed by atoms with van der Waals surface area (Å²) in [5.74, 6) is -1.45. The van der Waals surface area contributed by atoms with E-state index in [9.17, 15) is 18.0 Å². The lowest BCUT2D eigenvalue weighted by molar-refractivity contribution is -0.140. The highest BCUT2D eigenvalue weighted by molar-refractivity contribution is 7.92. The van der Waals surface area contributed by atoms with Gasteiger partial charge >= 0.3 is 0 Å². The van der Waals surface area contributed by atoms with E-state index in [4.69, 9.17) is 16.3 Å². The third-order valence-corrected chi connectivity index (χ3v) is 9.26. The van der Waals surface area contributed by atoms with Crippen molar-refractivity contribution in [2.45, 2.75) is 44.2 Å². The molecular formula is C35H37ClFN3O5S. The molecule has 0 aliphatic heterocycles. The SMILES string of the molecule is CCCNC(=O)C(Cc1ccccc1)N(Cc1ccccc1F)C(=O)CN(c1ccccc1OCC)S(=O)(=O)c1ccc(Cl)cc1. The van der Waals surface area contributed by atoms with Gasteiger partial charge < -0.3 is 15.0 Å². The molecule has 4 aromatic carbocycles. The molecule has 0 saturated heterocycles. The lowest BCUT2D eigenvalue weighted by Gasteiger charge is -2.34. The predicted octanol–water partition coefficient (Wildman–Crippen LogP) is 6.24. The summed E-state index contributed by atoms with van der Waals surface area (Å²) in [5.41, 5.74) is 1.09. The second-order valence-electron chi connectivity index (χ2n) is 10.5. The Morgan fingerprint density at radius 2 is 1.54 bits per heavy atom. The number of carbonyl (C=O) groups is 2. The van der Waals surface area contributed by atoms with Crippen molar-refractivity contribution in [3.8, 4) is 5.75 Å². The van der Waals surface area contributed by atoms with Crippen LogP contribution in [-0.2, 0) is 32.6 Å². The molecule has 1 N–H and O–H groups in total. The number of ether oxygens (including phenoxy) is 1. The number of anilines is 1. The predicted molar refractivity (Wildman–Crippen MR) is 178 cm³/mol. The Labute approximate surface area is 274 Å². The number of hydrogen-bond donors (Lipinski definition) is 1. The van der Waals surface area contributed by atoms with E-state index in [1.807, 2.05) is 37.3 Å². The smallest absolute Gasteiger partial charge is 0.264 e. The maximum Gasteiger partial charge on any atom is 0.264 e. The molecule has 0 bridgehead atoms. The van der Waals surface area contributed by atoms with Crippen LogP contribution >= 0.6 is 11.6 Å². The number of nitrogens with one attached hydrogen (secondary N) is 1. The maximum atomic E-state index is 15.0. The minimum Gasteiger partial charge on any atom is -0.492 e. The van der Waals surface area contributed by atoms with Gasteiger partial charge in [0.1, 0.15) is 24.2 Å². The third kappa shape index (κ3) is 8.64. The fourth-order valence-electron chi connectivity index (χ4n) is 4.92. The number of benzene rings is 4. The summed E-state index contributed by atoms with van der Waals surface area (Å²) in [4.78, 5) is 29.4. The molecule has 0 aliphatic carbocycles. The topological polar surface area (TPSA) is 96.0 Å². The second-order valence-corrected chi connectivity index (χ2v) is 12.8. The number of para-hydroxylation sites is 2. The molecule has 0 aromatic heterocycles. The van der Waals surface area contributed by atoms with Gasteiger partial charge in [0, 0.05) is 30.1 Å². The van der Waals surface area contributed by atoms with Crippen LogP contribution in [0.2, 0.25) is 5.02 Å². The zero-order valence-corrected chi connectivity index (χ0v) is 27.3. The van der Waals surface area contributed by atoms with Gasteiger partial charge in [-0.3, -0.25) is 13.9 Å². The number of sulfonamides is 1. The number of carbonyl (C=O) groups excluding carboxylic acids is 2. The fraction of sp³-hybridized carbons (Fsp3) is 0.257. The first-order chi connectivity index (χ1) is 22.1. The van der Waals surface area contributed by atoms with E-state index in [1.54, 1.807) is 37.3 Å². The minimum atomic E-state index is -4.37. The normalized spacial score (nSPS) is 11.8. The summed E-state index contributed by atoms with van der Waals surface area (Å²) in [6.07, 6.45) is 0.780. The van der Waals surface area contributed by atoms with Crippen molar-refractivity contribution in [1.29, 1.82) is 0 Å². The number of amides is 2. The Morgan fingerprint density at radius 3 is 2.22 bits per heavy atom. The summed E-state index contributed by atoms with van der Waals surface area (Å²) in [6.45, 7) is 3.31. The van der Waals surface area contributed by atoms with E-state index in [0.717, 1.165) is 9.87 Å². The zero-order chi connectivity index (χ0) is 33.1. The number of halogens is 2. The first kappa shape index (κ1) is 34.5. The van der Waals surface area contributed by atoms with Crippen molar-refractivity contribution in [2.24, 2.45) is 0 Å². The van der Waals surface area contributed by atoms with Crippen molar-refractivity contribution >= 4 is 39.1 Å². The van der Waals surface area contributed by atoms with Gasteiger partial charge in [-0.2, -0.15) is 0 Å². The van der Waals surface area contributed by atoms with E-state index in [0.29, 0.717) is 18.0 Å². The molecule has 4 aromatic rings. The monoisotopic (exact) mass is 665 g/mol. The summed E-state index contributed by atoms with van der Waals surface area (Å²) in [6, 6.07) is 26.1. The van der Waals surface area contributed by atoms with Crippen LogP contribution in [0.25, 0.3) is 0 Å². The van der Waals surface area contributed by atoms with Crippen molar-refractivity contribution in [2.75, 3.05) is 24.0 Å². The molecule has 0 saturated carbocycles. The van der Waals surface area contributed by atoms with Crippen molar-refractivity contribution < 1.29 is 27.1 Å². The zero-order valence-electron chi connectivity index (χ0n) is 25.7. The Morgan fingerprint density at radius 1 is 0.891 bits per heavy atom. The van der Waals surface area contributed by atoms with Gasteiger partial charge in [-0.05, 0) is 61.4 Å². The molecule has 8 nitrogen and oxygen atoms in total. The van der Waals surface area contributed by atoms with Crippen LogP contribution in [0, 0.1) is 5.82 Å². The third-order valence-electron chi connectivity index (χ3n) is 7.23. The number of nitrogens with zero attached hydrogens (tertiary/aromatic N) is 2. The molecule has 4 rings (SSSR count). The first-order valence-corrected chi connectivity index (χ1v) is 16.8. The Hall–Kier alpha value is -4.41. The highest BCUT2D eigenvalue weighted by Crippen LogP contribution is 2.33. The van der Waals surface area contributed by atoms with Gasteiger partial charge in [0.05, 0.1) is 17.2 Å².